The van der Waals surface area contributed by atoms with Gasteiger partial charge >= 0.3 is 0 Å². The molecule has 1 fully saturated rings. The number of hydrogen-bond acceptors (Lipinski definition) is 2. The molecule has 20 heavy (non-hydrogen) atoms. The molecule has 2 nitrogen and oxygen atoms in total. The number of ether oxygens (including phenoxy) is 1. The Balaban J connectivity index is 2.10. The van der Waals surface area contributed by atoms with Crippen molar-refractivity contribution in [2.24, 2.45) is 5.41 Å². The summed E-state index contributed by atoms with van der Waals surface area (Å²) in [6.07, 6.45) is 6.40. The molecular weight excluding hydrogens is 382 g/mol. The number of nitrogens with one attached hydrogen (secondary N) is 1. The molecule has 0 aromatic heterocycles. The summed E-state index contributed by atoms with van der Waals surface area (Å²) in [6.45, 7) is 4.77. The average molecular weight is 405 g/mol. The first-order chi connectivity index (χ1) is 9.41. The van der Waals surface area contributed by atoms with Crippen molar-refractivity contribution < 1.29 is 4.74 Å². The summed E-state index contributed by atoms with van der Waals surface area (Å²) in [4.78, 5) is 0. The molecule has 0 spiro atoms. The number of rotatable bonds is 3. The lowest BCUT2D eigenvalue weighted by Gasteiger charge is -2.23. The van der Waals surface area contributed by atoms with Gasteiger partial charge < -0.3 is 10.1 Å². The Morgan fingerprint density at radius 3 is 2.60 bits per heavy atom. The normalized spacial score (nSPS) is 22.1. The molecule has 1 aromatic carbocycles. The molecule has 4 heteroatoms. The van der Waals surface area contributed by atoms with E-state index in [9.17, 15) is 0 Å². The van der Waals surface area contributed by atoms with Crippen molar-refractivity contribution in [3.8, 4) is 5.75 Å². The largest absolute Gasteiger partial charge is 0.495 e. The van der Waals surface area contributed by atoms with Crippen LogP contribution in [-0.4, -0.2) is 13.2 Å². The summed E-state index contributed by atoms with van der Waals surface area (Å²) < 4.78 is 7.43. The predicted octanol–water partition coefficient (Wildman–Crippen LogP) is 5.99. The van der Waals surface area contributed by atoms with Crippen LogP contribution in [0.4, 0.5) is 5.69 Å². The lowest BCUT2D eigenvalue weighted by molar-refractivity contribution is 0.313. The van der Waals surface area contributed by atoms with E-state index in [0.29, 0.717) is 11.5 Å². The molecule has 0 radical (unpaired) electrons. The second-order valence-electron chi connectivity index (χ2n) is 6.40. The third-order valence-electron chi connectivity index (χ3n) is 4.18. The van der Waals surface area contributed by atoms with Crippen molar-refractivity contribution in [1.82, 2.24) is 0 Å². The first kappa shape index (κ1) is 16.2. The molecule has 112 valence electrons. The van der Waals surface area contributed by atoms with Crippen LogP contribution in [0.3, 0.4) is 0 Å². The molecule has 1 aliphatic carbocycles. The summed E-state index contributed by atoms with van der Waals surface area (Å²) in [6, 6.07) is 4.66. The zero-order valence-corrected chi connectivity index (χ0v) is 15.6. The third kappa shape index (κ3) is 4.14. The smallest absolute Gasteiger partial charge is 0.135 e. The number of anilines is 1. The second-order valence-corrected chi connectivity index (χ2v) is 8.11. The van der Waals surface area contributed by atoms with Gasteiger partial charge in [0.05, 0.1) is 17.3 Å². The molecule has 1 saturated carbocycles. The van der Waals surface area contributed by atoms with Gasteiger partial charge in [-0.3, -0.25) is 0 Å². The topological polar surface area (TPSA) is 21.3 Å². The SMILES string of the molecule is COc1cc(NC2CCCC(C)(C)CC2)c(Br)cc1Br. The highest BCUT2D eigenvalue weighted by molar-refractivity contribution is 9.11. The minimum Gasteiger partial charge on any atom is -0.495 e. The fourth-order valence-electron chi connectivity index (χ4n) is 2.82. The van der Waals surface area contributed by atoms with Crippen molar-refractivity contribution >= 4 is 37.5 Å². The van der Waals surface area contributed by atoms with Crippen molar-refractivity contribution in [1.29, 1.82) is 0 Å². The van der Waals surface area contributed by atoms with E-state index < -0.39 is 0 Å². The molecule has 0 bridgehead atoms. The number of hydrogen-bond donors (Lipinski definition) is 1. The molecule has 0 aliphatic heterocycles. The quantitative estimate of drug-likeness (QED) is 0.624. The number of methoxy groups -OCH3 is 1. The Labute approximate surface area is 138 Å². The molecule has 2 rings (SSSR count). The van der Waals surface area contributed by atoms with Crippen LogP contribution in [0.15, 0.2) is 21.1 Å². The standard InChI is InChI=1S/C16H23Br2NO/c1-16(2)7-4-5-11(6-8-16)19-14-10-15(20-3)13(18)9-12(14)17/h9-11,19H,4-8H2,1-3H3. The molecule has 1 unspecified atom stereocenters. The lowest BCUT2D eigenvalue weighted by Crippen LogP contribution is -2.19. The van der Waals surface area contributed by atoms with E-state index >= 15 is 0 Å². The van der Waals surface area contributed by atoms with Gasteiger partial charge in [0.1, 0.15) is 5.75 Å². The Kier molecular flexibility index (Phi) is 5.41. The van der Waals surface area contributed by atoms with Gasteiger partial charge in [0, 0.05) is 16.6 Å². The summed E-state index contributed by atoms with van der Waals surface area (Å²) in [7, 11) is 1.70. The highest BCUT2D eigenvalue weighted by atomic mass is 79.9. The molecule has 1 aliphatic rings. The summed E-state index contributed by atoms with van der Waals surface area (Å²) in [5, 5.41) is 3.68. The van der Waals surface area contributed by atoms with Crippen LogP contribution in [0.2, 0.25) is 0 Å². The van der Waals surface area contributed by atoms with Crippen LogP contribution in [0.25, 0.3) is 0 Å². The molecule has 1 atom stereocenters. The highest BCUT2D eigenvalue weighted by Gasteiger charge is 2.24. The van der Waals surface area contributed by atoms with E-state index in [2.05, 4.69) is 57.1 Å². The van der Waals surface area contributed by atoms with Gasteiger partial charge in [-0.15, -0.1) is 0 Å². The molecule has 0 heterocycles. The molecule has 0 amide bonds. The van der Waals surface area contributed by atoms with Crippen molar-refractivity contribution in [3.63, 3.8) is 0 Å². The summed E-state index contributed by atoms with van der Waals surface area (Å²) >= 11 is 7.14. The van der Waals surface area contributed by atoms with Gasteiger partial charge in [0.25, 0.3) is 0 Å². The maximum atomic E-state index is 5.38. The van der Waals surface area contributed by atoms with Gasteiger partial charge in [-0.2, -0.15) is 0 Å². The Bertz CT molecular complexity index is 474. The minimum atomic E-state index is 0.491. The van der Waals surface area contributed by atoms with Crippen molar-refractivity contribution in [2.75, 3.05) is 12.4 Å². The second kappa shape index (κ2) is 6.69. The number of benzene rings is 1. The first-order valence-corrected chi connectivity index (χ1v) is 8.79. The average Bonchev–Trinajstić information content (AvgIpc) is 2.54. The fraction of sp³-hybridized carbons (Fsp3) is 0.625. The van der Waals surface area contributed by atoms with Crippen LogP contribution in [-0.2, 0) is 0 Å². The van der Waals surface area contributed by atoms with Crippen molar-refractivity contribution in [3.05, 3.63) is 21.1 Å². The van der Waals surface area contributed by atoms with Gasteiger partial charge in [-0.05, 0) is 69.0 Å². The van der Waals surface area contributed by atoms with Crippen molar-refractivity contribution in [2.45, 2.75) is 52.0 Å². The van der Waals surface area contributed by atoms with E-state index in [1.165, 1.54) is 32.1 Å². The Morgan fingerprint density at radius 1 is 1.15 bits per heavy atom. The predicted molar refractivity (Wildman–Crippen MR) is 92.7 cm³/mol. The van der Waals surface area contributed by atoms with Gasteiger partial charge in [-0.1, -0.05) is 20.3 Å². The maximum Gasteiger partial charge on any atom is 0.135 e. The Hall–Kier alpha value is -0.220. The highest BCUT2D eigenvalue weighted by Crippen LogP contribution is 2.38. The lowest BCUT2D eigenvalue weighted by atomic mass is 9.85. The van der Waals surface area contributed by atoms with E-state index in [0.717, 1.165) is 20.4 Å². The van der Waals surface area contributed by atoms with Gasteiger partial charge in [0.15, 0.2) is 0 Å². The Morgan fingerprint density at radius 2 is 1.90 bits per heavy atom. The van der Waals surface area contributed by atoms with Crippen LogP contribution in [0.5, 0.6) is 5.75 Å². The third-order valence-corrected chi connectivity index (χ3v) is 5.45. The van der Waals surface area contributed by atoms with Crippen LogP contribution < -0.4 is 10.1 Å². The van der Waals surface area contributed by atoms with Crippen LogP contribution in [0.1, 0.15) is 46.0 Å². The summed E-state index contributed by atoms with van der Waals surface area (Å²) in [5.74, 6) is 0.865. The summed E-state index contributed by atoms with van der Waals surface area (Å²) in [5.41, 5.74) is 1.61. The molecular formula is C16H23Br2NO. The van der Waals surface area contributed by atoms with Crippen LogP contribution >= 0.6 is 31.9 Å². The number of halogens is 2. The van der Waals surface area contributed by atoms with E-state index in [-0.39, 0.29) is 0 Å². The van der Waals surface area contributed by atoms with Crippen LogP contribution in [0, 0.1) is 5.41 Å². The first-order valence-electron chi connectivity index (χ1n) is 7.21. The van der Waals surface area contributed by atoms with E-state index in [1.807, 2.05) is 6.07 Å². The fourth-order valence-corrected chi connectivity index (χ4v) is 4.09. The molecule has 0 saturated heterocycles. The van der Waals surface area contributed by atoms with E-state index in [4.69, 9.17) is 4.74 Å². The molecule has 1 N–H and O–H groups in total. The minimum absolute atomic E-state index is 0.491. The molecule has 1 aromatic rings. The zero-order chi connectivity index (χ0) is 14.8. The van der Waals surface area contributed by atoms with Gasteiger partial charge in [0.2, 0.25) is 0 Å². The monoisotopic (exact) mass is 403 g/mol. The van der Waals surface area contributed by atoms with E-state index in [1.54, 1.807) is 7.11 Å². The maximum absolute atomic E-state index is 5.38. The zero-order valence-electron chi connectivity index (χ0n) is 12.4. The van der Waals surface area contributed by atoms with Gasteiger partial charge in [-0.25, -0.2) is 0 Å².